The summed E-state index contributed by atoms with van der Waals surface area (Å²) in [4.78, 5) is 53.8. The predicted octanol–water partition coefficient (Wildman–Crippen LogP) is -0.497. The number of nitrogens with zero attached hydrogens (tertiary/aromatic N) is 1. The van der Waals surface area contributed by atoms with Gasteiger partial charge in [0.15, 0.2) is 5.82 Å². The maximum absolute atomic E-state index is 12.1. The molecule has 2 aromatic rings. The molecule has 0 bridgehead atoms. The topological polar surface area (TPSA) is 133 Å². The number of hydrogen-bond acceptors (Lipinski definition) is 5. The van der Waals surface area contributed by atoms with Crippen LogP contribution in [0.15, 0.2) is 24.3 Å². The van der Waals surface area contributed by atoms with E-state index in [0.717, 1.165) is 5.52 Å². The van der Waals surface area contributed by atoms with Crippen molar-refractivity contribution >= 4 is 35.0 Å². The highest BCUT2D eigenvalue weighted by molar-refractivity contribution is 5.96. The van der Waals surface area contributed by atoms with Crippen LogP contribution in [0.4, 0.5) is 0 Å². The summed E-state index contributed by atoms with van der Waals surface area (Å²) < 4.78 is 0. The number of aromatic nitrogens is 2. The van der Waals surface area contributed by atoms with Gasteiger partial charge >= 0.3 is 0 Å². The molecule has 1 aliphatic rings. The number of aldehydes is 1. The standard InChI is InChI=1S/C17H19N5O4/c23-9-11(7-10-5-6-18-16(10)25)20-14(24)8-19-17(26)15-21-12-3-1-2-4-13(12)22-15/h1-4,9-11H,5-8H2,(H,18,25)(H,19,26)(H,20,24)(H,21,22)/t10?,11-/m0/s1. The first-order valence-electron chi connectivity index (χ1n) is 8.32. The van der Waals surface area contributed by atoms with Crippen LogP contribution in [0.5, 0.6) is 0 Å². The second-order valence-corrected chi connectivity index (χ2v) is 6.11. The predicted molar refractivity (Wildman–Crippen MR) is 92.2 cm³/mol. The number of carbonyl (C=O) groups excluding carboxylic acids is 4. The van der Waals surface area contributed by atoms with Crippen molar-refractivity contribution in [2.24, 2.45) is 5.92 Å². The Hall–Kier alpha value is -3.23. The quantitative estimate of drug-likeness (QED) is 0.496. The molecular weight excluding hydrogens is 338 g/mol. The van der Waals surface area contributed by atoms with Crippen LogP contribution < -0.4 is 16.0 Å². The first kappa shape index (κ1) is 17.6. The second kappa shape index (κ2) is 7.77. The lowest BCUT2D eigenvalue weighted by Crippen LogP contribution is -2.44. The lowest BCUT2D eigenvalue weighted by Gasteiger charge is -2.15. The number of aromatic amines is 1. The molecule has 2 atom stereocenters. The van der Waals surface area contributed by atoms with Gasteiger partial charge in [0.25, 0.3) is 5.91 Å². The average molecular weight is 357 g/mol. The highest BCUT2D eigenvalue weighted by atomic mass is 16.2. The van der Waals surface area contributed by atoms with Gasteiger partial charge in [0, 0.05) is 12.5 Å². The number of para-hydroxylation sites is 2. The summed E-state index contributed by atoms with van der Waals surface area (Å²) >= 11 is 0. The van der Waals surface area contributed by atoms with Crippen molar-refractivity contribution in [3.05, 3.63) is 30.1 Å². The van der Waals surface area contributed by atoms with Gasteiger partial charge in [-0.1, -0.05) is 12.1 Å². The third-order valence-electron chi connectivity index (χ3n) is 4.23. The van der Waals surface area contributed by atoms with Crippen molar-refractivity contribution in [1.29, 1.82) is 0 Å². The maximum Gasteiger partial charge on any atom is 0.287 e. The lowest BCUT2D eigenvalue weighted by atomic mass is 9.99. The Morgan fingerprint density at radius 3 is 2.85 bits per heavy atom. The number of hydrogen-bond donors (Lipinski definition) is 4. The summed E-state index contributed by atoms with van der Waals surface area (Å²) in [5, 5.41) is 7.65. The van der Waals surface area contributed by atoms with Crippen LogP contribution in [0.1, 0.15) is 23.5 Å². The van der Waals surface area contributed by atoms with E-state index in [9.17, 15) is 19.2 Å². The largest absolute Gasteiger partial charge is 0.356 e. The van der Waals surface area contributed by atoms with E-state index in [1.807, 2.05) is 12.1 Å². The van der Waals surface area contributed by atoms with Crippen molar-refractivity contribution in [2.75, 3.05) is 13.1 Å². The average Bonchev–Trinajstić information content (AvgIpc) is 3.25. The first-order chi connectivity index (χ1) is 12.6. The van der Waals surface area contributed by atoms with Crippen LogP contribution in [0.25, 0.3) is 11.0 Å². The number of imidazole rings is 1. The Labute approximate surface area is 148 Å². The number of benzene rings is 1. The first-order valence-corrected chi connectivity index (χ1v) is 8.32. The molecule has 2 heterocycles. The molecule has 0 aliphatic carbocycles. The molecule has 136 valence electrons. The zero-order chi connectivity index (χ0) is 18.5. The molecule has 9 nitrogen and oxygen atoms in total. The van der Waals surface area contributed by atoms with Gasteiger partial charge in [0.1, 0.15) is 6.29 Å². The molecule has 3 rings (SSSR count). The van der Waals surface area contributed by atoms with E-state index in [0.29, 0.717) is 24.8 Å². The van der Waals surface area contributed by atoms with Gasteiger partial charge in [-0.2, -0.15) is 0 Å². The molecule has 1 saturated heterocycles. The van der Waals surface area contributed by atoms with Gasteiger partial charge in [0.2, 0.25) is 11.8 Å². The molecule has 4 N–H and O–H groups in total. The van der Waals surface area contributed by atoms with Gasteiger partial charge in [-0.15, -0.1) is 0 Å². The van der Waals surface area contributed by atoms with Crippen LogP contribution in [-0.2, 0) is 14.4 Å². The van der Waals surface area contributed by atoms with Crippen molar-refractivity contribution in [3.8, 4) is 0 Å². The molecule has 0 spiro atoms. The Kier molecular flexibility index (Phi) is 5.26. The van der Waals surface area contributed by atoms with Crippen molar-refractivity contribution in [3.63, 3.8) is 0 Å². The van der Waals surface area contributed by atoms with Crippen molar-refractivity contribution in [1.82, 2.24) is 25.9 Å². The fourth-order valence-corrected chi connectivity index (χ4v) is 2.89. The molecule has 9 heteroatoms. The number of amides is 3. The molecule has 1 unspecified atom stereocenters. The van der Waals surface area contributed by atoms with E-state index in [1.165, 1.54) is 0 Å². The Bertz CT molecular complexity index is 814. The van der Waals surface area contributed by atoms with Crippen LogP contribution in [0.2, 0.25) is 0 Å². The van der Waals surface area contributed by atoms with Crippen molar-refractivity contribution in [2.45, 2.75) is 18.9 Å². The van der Waals surface area contributed by atoms with Crippen LogP contribution in [-0.4, -0.2) is 53.1 Å². The number of nitrogens with one attached hydrogen (secondary N) is 4. The van der Waals surface area contributed by atoms with Gasteiger partial charge in [-0.25, -0.2) is 4.98 Å². The second-order valence-electron chi connectivity index (χ2n) is 6.11. The van der Waals surface area contributed by atoms with Gasteiger partial charge < -0.3 is 25.7 Å². The molecular formula is C17H19N5O4. The number of H-pyrrole nitrogens is 1. The fraction of sp³-hybridized carbons (Fsp3) is 0.353. The fourth-order valence-electron chi connectivity index (χ4n) is 2.89. The van der Waals surface area contributed by atoms with Gasteiger partial charge in [-0.05, 0) is 25.0 Å². The van der Waals surface area contributed by atoms with Gasteiger partial charge in [-0.3, -0.25) is 14.4 Å². The molecule has 1 fully saturated rings. The summed E-state index contributed by atoms with van der Waals surface area (Å²) in [7, 11) is 0. The third kappa shape index (κ3) is 4.05. The third-order valence-corrected chi connectivity index (χ3v) is 4.23. The summed E-state index contributed by atoms with van der Waals surface area (Å²) in [5.41, 5.74) is 1.37. The Balaban J connectivity index is 1.50. The summed E-state index contributed by atoms with van der Waals surface area (Å²) in [6.45, 7) is 0.285. The van der Waals surface area contributed by atoms with E-state index < -0.39 is 17.9 Å². The number of rotatable bonds is 7. The molecule has 1 aliphatic heterocycles. The zero-order valence-electron chi connectivity index (χ0n) is 14.0. The summed E-state index contributed by atoms with van der Waals surface area (Å²) in [6, 6.07) is 6.42. The zero-order valence-corrected chi connectivity index (χ0v) is 14.0. The minimum absolute atomic E-state index is 0.105. The van der Waals surface area contributed by atoms with E-state index in [-0.39, 0.29) is 30.6 Å². The summed E-state index contributed by atoms with van der Waals surface area (Å²) in [5.74, 6) is -1.31. The number of carbonyl (C=O) groups is 4. The van der Waals surface area contributed by atoms with Gasteiger partial charge in [0.05, 0.1) is 23.6 Å². The van der Waals surface area contributed by atoms with E-state index in [1.54, 1.807) is 12.1 Å². The lowest BCUT2D eigenvalue weighted by molar-refractivity contribution is -0.125. The number of fused-ring (bicyclic) bond motifs is 1. The van der Waals surface area contributed by atoms with Crippen LogP contribution in [0.3, 0.4) is 0 Å². The molecule has 0 saturated carbocycles. The minimum Gasteiger partial charge on any atom is -0.356 e. The molecule has 0 radical (unpaired) electrons. The van der Waals surface area contributed by atoms with E-state index in [4.69, 9.17) is 0 Å². The SMILES string of the molecule is O=C[C@H](CC1CCNC1=O)NC(=O)CNC(=O)c1nc2ccccc2[nH]1. The normalized spacial score (nSPS) is 17.5. The monoisotopic (exact) mass is 357 g/mol. The minimum atomic E-state index is -0.764. The van der Waals surface area contributed by atoms with Crippen molar-refractivity contribution < 1.29 is 19.2 Å². The molecule has 3 amide bonds. The molecule has 1 aromatic heterocycles. The Morgan fingerprint density at radius 1 is 1.35 bits per heavy atom. The molecule has 1 aromatic carbocycles. The van der Waals surface area contributed by atoms with Crippen LogP contribution >= 0.6 is 0 Å². The van der Waals surface area contributed by atoms with E-state index >= 15 is 0 Å². The van der Waals surface area contributed by atoms with Crippen LogP contribution in [0, 0.1) is 5.92 Å². The highest BCUT2D eigenvalue weighted by Gasteiger charge is 2.27. The maximum atomic E-state index is 12.1. The van der Waals surface area contributed by atoms with E-state index in [2.05, 4.69) is 25.9 Å². The smallest absolute Gasteiger partial charge is 0.287 e. The molecule has 26 heavy (non-hydrogen) atoms. The Morgan fingerprint density at radius 2 is 2.15 bits per heavy atom. The highest BCUT2D eigenvalue weighted by Crippen LogP contribution is 2.15. The summed E-state index contributed by atoms with van der Waals surface area (Å²) in [6.07, 6.45) is 1.49.